The molecule has 0 radical (unpaired) electrons. The van der Waals surface area contributed by atoms with Crippen molar-refractivity contribution < 1.29 is 9.90 Å². The molecule has 1 unspecified atom stereocenters. The average Bonchev–Trinajstić information content (AvgIpc) is 2.17. The van der Waals surface area contributed by atoms with Crippen LogP contribution in [0.1, 0.15) is 25.7 Å². The highest BCUT2D eigenvalue weighted by atomic mass is 16.2. The minimum absolute atomic E-state index is 0.199. The van der Waals surface area contributed by atoms with Crippen molar-refractivity contribution in [1.82, 2.24) is 5.32 Å². The predicted molar refractivity (Wildman–Crippen MR) is 55.4 cm³/mol. The molecule has 0 saturated carbocycles. The number of amides is 1. The van der Waals surface area contributed by atoms with Crippen molar-refractivity contribution >= 4 is 5.91 Å². The fourth-order valence-corrected chi connectivity index (χ4v) is 0.976. The fourth-order valence-electron chi connectivity index (χ4n) is 0.976. The molecule has 80 valence electrons. The Hall–Kier alpha value is -1.05. The van der Waals surface area contributed by atoms with Crippen LogP contribution in [-0.4, -0.2) is 30.2 Å². The Kier molecular flexibility index (Phi) is 7.90. The Morgan fingerprint density at radius 3 is 2.79 bits per heavy atom. The molecule has 0 aromatic carbocycles. The van der Waals surface area contributed by atoms with E-state index in [2.05, 4.69) is 11.2 Å². The Labute approximate surface area is 84.9 Å². The third-order valence-electron chi connectivity index (χ3n) is 1.81. The summed E-state index contributed by atoms with van der Waals surface area (Å²) >= 11 is 0. The average molecular weight is 198 g/mol. The molecule has 0 bridgehead atoms. The van der Waals surface area contributed by atoms with Gasteiger partial charge in [0.2, 0.25) is 5.91 Å². The van der Waals surface area contributed by atoms with Gasteiger partial charge in [-0.15, -0.1) is 12.3 Å². The molecule has 0 aromatic heterocycles. The van der Waals surface area contributed by atoms with E-state index in [1.165, 1.54) is 0 Å². The van der Waals surface area contributed by atoms with Gasteiger partial charge in [0.1, 0.15) is 0 Å². The molecule has 0 fully saturated rings. The topological polar surface area (TPSA) is 75.4 Å². The van der Waals surface area contributed by atoms with E-state index in [4.69, 9.17) is 17.3 Å². The van der Waals surface area contributed by atoms with Crippen LogP contribution in [0.3, 0.4) is 0 Å². The number of rotatable bonds is 7. The van der Waals surface area contributed by atoms with E-state index in [0.717, 1.165) is 19.3 Å². The van der Waals surface area contributed by atoms with Gasteiger partial charge in [-0.25, -0.2) is 0 Å². The molecule has 0 aliphatic carbocycles. The summed E-state index contributed by atoms with van der Waals surface area (Å²) in [7, 11) is 0. The number of nitrogens with one attached hydrogen (secondary N) is 1. The molecule has 0 heterocycles. The van der Waals surface area contributed by atoms with Crippen LogP contribution >= 0.6 is 0 Å². The zero-order valence-electron chi connectivity index (χ0n) is 8.33. The quantitative estimate of drug-likeness (QED) is 0.385. The molecule has 0 aliphatic rings. The van der Waals surface area contributed by atoms with E-state index < -0.39 is 6.04 Å². The lowest BCUT2D eigenvalue weighted by Crippen LogP contribution is -2.40. The summed E-state index contributed by atoms with van der Waals surface area (Å²) in [6, 6.07) is -0.599. The van der Waals surface area contributed by atoms with Crippen LogP contribution in [0, 0.1) is 12.3 Å². The molecule has 1 atom stereocenters. The maximum Gasteiger partial charge on any atom is 0.237 e. The van der Waals surface area contributed by atoms with E-state index >= 15 is 0 Å². The number of carbonyl (C=O) groups is 1. The van der Waals surface area contributed by atoms with Crippen LogP contribution in [0.25, 0.3) is 0 Å². The number of nitrogens with two attached hydrogens (primary N) is 1. The molecule has 0 rings (SSSR count). The van der Waals surface area contributed by atoms with Crippen molar-refractivity contribution in [2.24, 2.45) is 5.73 Å². The normalized spacial score (nSPS) is 11.8. The first kappa shape index (κ1) is 12.9. The van der Waals surface area contributed by atoms with Gasteiger partial charge in [0, 0.05) is 19.6 Å². The lowest BCUT2D eigenvalue weighted by Gasteiger charge is -2.08. The molecule has 4 nitrogen and oxygen atoms in total. The second kappa shape index (κ2) is 8.54. The van der Waals surface area contributed by atoms with Crippen LogP contribution in [0.2, 0.25) is 0 Å². The molecular weight excluding hydrogens is 180 g/mol. The Morgan fingerprint density at radius 1 is 1.50 bits per heavy atom. The van der Waals surface area contributed by atoms with Crippen molar-refractivity contribution in [3.63, 3.8) is 0 Å². The van der Waals surface area contributed by atoms with Gasteiger partial charge in [-0.05, 0) is 19.3 Å². The maximum absolute atomic E-state index is 11.2. The van der Waals surface area contributed by atoms with Gasteiger partial charge in [0.15, 0.2) is 0 Å². The second-order valence-electron chi connectivity index (χ2n) is 3.09. The van der Waals surface area contributed by atoms with Crippen molar-refractivity contribution in [2.75, 3.05) is 13.2 Å². The first-order valence-electron chi connectivity index (χ1n) is 4.80. The molecular formula is C10H18N2O2. The van der Waals surface area contributed by atoms with Crippen LogP contribution < -0.4 is 11.1 Å². The van der Waals surface area contributed by atoms with Crippen LogP contribution in [-0.2, 0) is 4.79 Å². The summed E-state index contributed by atoms with van der Waals surface area (Å²) in [6.07, 6.45) is 7.82. The van der Waals surface area contributed by atoms with Gasteiger partial charge in [-0.1, -0.05) is 0 Å². The predicted octanol–water partition coefficient (Wildman–Crippen LogP) is -0.384. The van der Waals surface area contributed by atoms with E-state index in [-0.39, 0.29) is 18.9 Å². The number of carbonyl (C=O) groups excluding carboxylic acids is 1. The zero-order chi connectivity index (χ0) is 10.8. The maximum atomic E-state index is 11.2. The van der Waals surface area contributed by atoms with Crippen LogP contribution in [0.4, 0.5) is 0 Å². The summed E-state index contributed by atoms with van der Waals surface area (Å²) < 4.78 is 0. The van der Waals surface area contributed by atoms with Crippen molar-refractivity contribution in [3.8, 4) is 12.3 Å². The fraction of sp³-hybridized carbons (Fsp3) is 0.700. The van der Waals surface area contributed by atoms with Gasteiger partial charge in [-0.3, -0.25) is 4.79 Å². The van der Waals surface area contributed by atoms with E-state index in [9.17, 15) is 4.79 Å². The highest BCUT2D eigenvalue weighted by Crippen LogP contribution is 1.92. The lowest BCUT2D eigenvalue weighted by atomic mass is 10.2. The lowest BCUT2D eigenvalue weighted by molar-refractivity contribution is -0.122. The second-order valence-corrected chi connectivity index (χ2v) is 3.09. The van der Waals surface area contributed by atoms with Gasteiger partial charge in [0.05, 0.1) is 6.04 Å². The SMILES string of the molecule is C#CCC(N)C(=O)NCCCCCO. The Balaban J connectivity index is 3.40. The first-order chi connectivity index (χ1) is 6.72. The van der Waals surface area contributed by atoms with Crippen molar-refractivity contribution in [2.45, 2.75) is 31.7 Å². The zero-order valence-corrected chi connectivity index (χ0v) is 8.33. The summed E-state index contributed by atoms with van der Waals surface area (Å²) in [4.78, 5) is 11.2. The number of hydrogen-bond acceptors (Lipinski definition) is 3. The highest BCUT2D eigenvalue weighted by Gasteiger charge is 2.10. The molecule has 0 saturated heterocycles. The Bertz CT molecular complexity index is 199. The molecule has 4 N–H and O–H groups in total. The number of aliphatic hydroxyl groups excluding tert-OH is 1. The molecule has 4 heteroatoms. The molecule has 0 aliphatic heterocycles. The van der Waals surface area contributed by atoms with Crippen molar-refractivity contribution in [3.05, 3.63) is 0 Å². The third-order valence-corrected chi connectivity index (χ3v) is 1.81. The third kappa shape index (κ3) is 6.46. The summed E-state index contributed by atoms with van der Waals surface area (Å²) in [6.45, 7) is 0.793. The number of terminal acetylenes is 1. The van der Waals surface area contributed by atoms with Gasteiger partial charge in [-0.2, -0.15) is 0 Å². The van der Waals surface area contributed by atoms with E-state index in [1.54, 1.807) is 0 Å². The minimum atomic E-state index is -0.599. The first-order valence-corrected chi connectivity index (χ1v) is 4.80. The van der Waals surface area contributed by atoms with Crippen LogP contribution in [0.5, 0.6) is 0 Å². The summed E-state index contributed by atoms with van der Waals surface area (Å²) in [5.41, 5.74) is 5.47. The number of unbranched alkanes of at least 4 members (excludes halogenated alkanes) is 2. The van der Waals surface area contributed by atoms with Gasteiger partial charge < -0.3 is 16.2 Å². The molecule has 1 amide bonds. The van der Waals surface area contributed by atoms with Crippen LogP contribution in [0.15, 0.2) is 0 Å². The van der Waals surface area contributed by atoms with Gasteiger partial charge in [0.25, 0.3) is 0 Å². The Morgan fingerprint density at radius 2 is 2.21 bits per heavy atom. The highest BCUT2D eigenvalue weighted by molar-refractivity contribution is 5.81. The number of hydrogen-bond donors (Lipinski definition) is 3. The standard InChI is InChI=1S/C10H18N2O2/c1-2-6-9(11)10(14)12-7-4-3-5-8-13/h1,9,13H,3-8,11H2,(H,12,14). The van der Waals surface area contributed by atoms with E-state index in [0.29, 0.717) is 6.54 Å². The van der Waals surface area contributed by atoms with E-state index in [1.807, 2.05) is 0 Å². The minimum Gasteiger partial charge on any atom is -0.396 e. The summed E-state index contributed by atoms with van der Waals surface area (Å²) in [5, 5.41) is 11.2. The largest absolute Gasteiger partial charge is 0.396 e. The van der Waals surface area contributed by atoms with Crippen molar-refractivity contribution in [1.29, 1.82) is 0 Å². The molecule has 0 aromatic rings. The number of aliphatic hydroxyl groups is 1. The van der Waals surface area contributed by atoms with Gasteiger partial charge >= 0.3 is 0 Å². The monoisotopic (exact) mass is 198 g/mol. The smallest absolute Gasteiger partial charge is 0.237 e. The molecule has 14 heavy (non-hydrogen) atoms. The molecule has 0 spiro atoms. The summed E-state index contributed by atoms with van der Waals surface area (Å²) in [5.74, 6) is 2.14.